The molecule has 0 amide bonds. The molecule has 1 N–H and O–H groups in total. The monoisotopic (exact) mass is 284 g/mol. The Morgan fingerprint density at radius 3 is 2.40 bits per heavy atom. The normalized spacial score (nSPS) is 28.4. The quantitative estimate of drug-likeness (QED) is 0.912. The number of hydrogen-bond donors (Lipinski definition) is 1. The van der Waals surface area contributed by atoms with E-state index in [2.05, 4.69) is 6.92 Å². The predicted octanol–water partition coefficient (Wildman–Crippen LogP) is 3.90. The number of methoxy groups -OCH3 is 1. The molecule has 1 fully saturated rings. The van der Waals surface area contributed by atoms with Crippen LogP contribution in [0.1, 0.15) is 49.8 Å². The SMILES string of the molecule is COC1(C(O)c2ccc(C)c(F)c2F)CCC(C)CC1. The summed E-state index contributed by atoms with van der Waals surface area (Å²) in [5.41, 5.74) is -0.582. The van der Waals surface area contributed by atoms with Gasteiger partial charge in [-0.15, -0.1) is 0 Å². The summed E-state index contributed by atoms with van der Waals surface area (Å²) in [5, 5.41) is 10.5. The Kier molecular flexibility index (Phi) is 4.45. The van der Waals surface area contributed by atoms with Crippen molar-refractivity contribution >= 4 is 0 Å². The number of aliphatic hydroxyl groups is 1. The zero-order valence-corrected chi connectivity index (χ0v) is 12.2. The molecule has 0 aromatic heterocycles. The van der Waals surface area contributed by atoms with E-state index in [0.717, 1.165) is 12.8 Å². The minimum Gasteiger partial charge on any atom is -0.385 e. The highest BCUT2D eigenvalue weighted by molar-refractivity contribution is 5.29. The topological polar surface area (TPSA) is 29.5 Å². The van der Waals surface area contributed by atoms with Crippen molar-refractivity contribution < 1.29 is 18.6 Å². The van der Waals surface area contributed by atoms with Crippen molar-refractivity contribution in [3.05, 3.63) is 34.9 Å². The van der Waals surface area contributed by atoms with Gasteiger partial charge in [-0.3, -0.25) is 0 Å². The summed E-state index contributed by atoms with van der Waals surface area (Å²) < 4.78 is 33.3. The average Bonchev–Trinajstić information content (AvgIpc) is 2.46. The van der Waals surface area contributed by atoms with Crippen molar-refractivity contribution in [2.75, 3.05) is 7.11 Å². The van der Waals surface area contributed by atoms with Gasteiger partial charge in [-0.2, -0.15) is 0 Å². The van der Waals surface area contributed by atoms with Crippen LogP contribution in [0.2, 0.25) is 0 Å². The maximum Gasteiger partial charge on any atom is 0.164 e. The van der Waals surface area contributed by atoms with E-state index in [1.54, 1.807) is 0 Å². The second kappa shape index (κ2) is 5.78. The molecule has 2 nitrogen and oxygen atoms in total. The van der Waals surface area contributed by atoms with Crippen molar-refractivity contribution in [2.24, 2.45) is 5.92 Å². The molecule has 1 aromatic carbocycles. The zero-order valence-electron chi connectivity index (χ0n) is 12.2. The molecule has 0 aliphatic heterocycles. The minimum absolute atomic E-state index is 0.00972. The number of aliphatic hydroxyl groups excluding tert-OH is 1. The molecule has 1 aliphatic carbocycles. The Labute approximate surface area is 118 Å². The summed E-state index contributed by atoms with van der Waals surface area (Å²) in [5.74, 6) is -1.28. The molecule has 0 bridgehead atoms. The minimum atomic E-state index is -1.14. The molecule has 1 atom stereocenters. The van der Waals surface area contributed by atoms with Gasteiger partial charge in [-0.25, -0.2) is 8.78 Å². The average molecular weight is 284 g/mol. The van der Waals surface area contributed by atoms with E-state index in [-0.39, 0.29) is 11.1 Å². The molecule has 20 heavy (non-hydrogen) atoms. The van der Waals surface area contributed by atoms with Gasteiger partial charge in [0.25, 0.3) is 0 Å². The van der Waals surface area contributed by atoms with Crippen LogP contribution in [-0.4, -0.2) is 17.8 Å². The summed E-state index contributed by atoms with van der Waals surface area (Å²) in [7, 11) is 1.53. The molecule has 1 saturated carbocycles. The van der Waals surface area contributed by atoms with E-state index in [0.29, 0.717) is 18.8 Å². The van der Waals surface area contributed by atoms with Gasteiger partial charge in [-0.1, -0.05) is 19.1 Å². The van der Waals surface area contributed by atoms with Crippen molar-refractivity contribution in [1.29, 1.82) is 0 Å². The lowest BCUT2D eigenvalue weighted by molar-refractivity contribution is -0.131. The van der Waals surface area contributed by atoms with E-state index in [9.17, 15) is 13.9 Å². The molecule has 1 unspecified atom stereocenters. The van der Waals surface area contributed by atoms with Gasteiger partial charge >= 0.3 is 0 Å². The van der Waals surface area contributed by atoms with Crippen LogP contribution in [-0.2, 0) is 4.74 Å². The van der Waals surface area contributed by atoms with E-state index in [1.165, 1.54) is 26.2 Å². The number of benzene rings is 1. The second-order valence-corrected chi connectivity index (χ2v) is 5.95. The van der Waals surface area contributed by atoms with Crippen LogP contribution >= 0.6 is 0 Å². The Balaban J connectivity index is 2.34. The third kappa shape index (κ3) is 2.59. The maximum absolute atomic E-state index is 14.1. The molecule has 4 heteroatoms. The zero-order chi connectivity index (χ0) is 14.9. The molecule has 1 aliphatic rings. The molecule has 0 heterocycles. The number of aryl methyl sites for hydroxylation is 1. The standard InChI is InChI=1S/C16H22F2O2/c1-10-6-8-16(20-3,9-7-10)15(19)12-5-4-11(2)13(17)14(12)18/h4-5,10,15,19H,6-9H2,1-3H3. The summed E-state index contributed by atoms with van der Waals surface area (Å²) in [4.78, 5) is 0. The highest BCUT2D eigenvalue weighted by Crippen LogP contribution is 2.43. The van der Waals surface area contributed by atoms with Crippen LogP contribution < -0.4 is 0 Å². The van der Waals surface area contributed by atoms with Gasteiger partial charge in [0, 0.05) is 12.7 Å². The Bertz CT molecular complexity index is 480. The van der Waals surface area contributed by atoms with Crippen LogP contribution in [0.3, 0.4) is 0 Å². The molecule has 2 rings (SSSR count). The van der Waals surface area contributed by atoms with E-state index < -0.39 is 23.3 Å². The van der Waals surface area contributed by atoms with Crippen LogP contribution in [0.5, 0.6) is 0 Å². The largest absolute Gasteiger partial charge is 0.385 e. The fourth-order valence-corrected chi connectivity index (χ4v) is 3.00. The first-order valence-corrected chi connectivity index (χ1v) is 7.09. The van der Waals surface area contributed by atoms with Gasteiger partial charge in [0.15, 0.2) is 11.6 Å². The van der Waals surface area contributed by atoms with Crippen molar-refractivity contribution in [3.8, 4) is 0 Å². The number of halogens is 2. The lowest BCUT2D eigenvalue weighted by atomic mass is 9.74. The van der Waals surface area contributed by atoms with Crippen molar-refractivity contribution in [3.63, 3.8) is 0 Å². The van der Waals surface area contributed by atoms with Gasteiger partial charge in [-0.05, 0) is 44.1 Å². The summed E-state index contributed by atoms with van der Waals surface area (Å²) in [6, 6.07) is 2.95. The van der Waals surface area contributed by atoms with Crippen molar-refractivity contribution in [1.82, 2.24) is 0 Å². The van der Waals surface area contributed by atoms with E-state index >= 15 is 0 Å². The van der Waals surface area contributed by atoms with Crippen LogP contribution in [0.15, 0.2) is 12.1 Å². The van der Waals surface area contributed by atoms with Gasteiger partial charge < -0.3 is 9.84 Å². The first-order chi connectivity index (χ1) is 9.41. The highest BCUT2D eigenvalue weighted by Gasteiger charge is 2.42. The van der Waals surface area contributed by atoms with Gasteiger partial charge in [0.1, 0.15) is 6.10 Å². The lowest BCUT2D eigenvalue weighted by Crippen LogP contribution is -2.42. The summed E-state index contributed by atoms with van der Waals surface area (Å²) in [6.07, 6.45) is 2.00. The fourth-order valence-electron chi connectivity index (χ4n) is 3.00. The number of hydrogen-bond acceptors (Lipinski definition) is 2. The van der Waals surface area contributed by atoms with E-state index in [1.807, 2.05) is 0 Å². The lowest BCUT2D eigenvalue weighted by Gasteiger charge is -2.42. The first-order valence-electron chi connectivity index (χ1n) is 7.09. The van der Waals surface area contributed by atoms with Gasteiger partial charge in [0.2, 0.25) is 0 Å². The highest BCUT2D eigenvalue weighted by atomic mass is 19.2. The van der Waals surface area contributed by atoms with E-state index in [4.69, 9.17) is 4.74 Å². The molecular weight excluding hydrogens is 262 g/mol. The molecule has 112 valence electrons. The fraction of sp³-hybridized carbons (Fsp3) is 0.625. The molecule has 0 radical (unpaired) electrons. The van der Waals surface area contributed by atoms with Gasteiger partial charge in [0.05, 0.1) is 5.60 Å². The third-order valence-corrected chi connectivity index (χ3v) is 4.63. The summed E-state index contributed by atoms with van der Waals surface area (Å²) in [6.45, 7) is 3.65. The Hall–Kier alpha value is -1.00. The molecule has 0 spiro atoms. The molecule has 0 saturated heterocycles. The Morgan fingerprint density at radius 2 is 1.85 bits per heavy atom. The number of ether oxygens (including phenoxy) is 1. The second-order valence-electron chi connectivity index (χ2n) is 5.95. The van der Waals surface area contributed by atoms with Crippen LogP contribution in [0, 0.1) is 24.5 Å². The number of rotatable bonds is 3. The van der Waals surface area contributed by atoms with Crippen LogP contribution in [0.25, 0.3) is 0 Å². The summed E-state index contributed by atoms with van der Waals surface area (Å²) >= 11 is 0. The Morgan fingerprint density at radius 1 is 1.25 bits per heavy atom. The third-order valence-electron chi connectivity index (χ3n) is 4.63. The molecule has 1 aromatic rings. The van der Waals surface area contributed by atoms with Crippen molar-refractivity contribution in [2.45, 2.75) is 51.2 Å². The predicted molar refractivity (Wildman–Crippen MR) is 73.4 cm³/mol. The van der Waals surface area contributed by atoms with Crippen LogP contribution in [0.4, 0.5) is 8.78 Å². The molecular formula is C16H22F2O2. The first kappa shape index (κ1) is 15.4. The maximum atomic E-state index is 14.1. The smallest absolute Gasteiger partial charge is 0.164 e.